The first-order valence-corrected chi connectivity index (χ1v) is 10.8. The Kier molecular flexibility index (Phi) is 9.15. The molecule has 2 aliphatic rings. The van der Waals surface area contributed by atoms with Crippen molar-refractivity contribution < 1.29 is 4.79 Å². The van der Waals surface area contributed by atoms with Crippen LogP contribution in [-0.2, 0) is 4.79 Å². The maximum Gasteiger partial charge on any atom is 0.223 e. The molecule has 1 unspecified atom stereocenters. The van der Waals surface area contributed by atoms with Crippen molar-refractivity contribution in [1.29, 1.82) is 0 Å². The van der Waals surface area contributed by atoms with Gasteiger partial charge < -0.3 is 9.80 Å². The van der Waals surface area contributed by atoms with E-state index in [4.69, 9.17) is 0 Å². The van der Waals surface area contributed by atoms with Gasteiger partial charge in [0.05, 0.1) is 0 Å². The van der Waals surface area contributed by atoms with E-state index in [1.807, 2.05) is 0 Å². The molecule has 0 bridgehead atoms. The minimum Gasteiger partial charge on any atom is -0.338 e. The van der Waals surface area contributed by atoms with Gasteiger partial charge in [-0.15, -0.1) is 0 Å². The Morgan fingerprint density at radius 2 is 1.67 bits per heavy atom. The predicted octanol–water partition coefficient (Wildman–Crippen LogP) is 4.85. The number of hydrogen-bond donors (Lipinski definition) is 0. The highest BCUT2D eigenvalue weighted by Crippen LogP contribution is 2.26. The third-order valence-electron chi connectivity index (χ3n) is 6.01. The predicted molar refractivity (Wildman–Crippen MR) is 102 cm³/mol. The Hall–Kier alpha value is -0.570. The second kappa shape index (κ2) is 11.1. The van der Waals surface area contributed by atoms with Gasteiger partial charge in [-0.25, -0.2) is 0 Å². The van der Waals surface area contributed by atoms with Crippen LogP contribution in [0.3, 0.4) is 0 Å². The Morgan fingerprint density at radius 3 is 2.38 bits per heavy atom. The summed E-state index contributed by atoms with van der Waals surface area (Å²) >= 11 is 0. The molecule has 0 aromatic carbocycles. The number of carbonyl (C=O) groups is 1. The van der Waals surface area contributed by atoms with Crippen LogP contribution in [0.1, 0.15) is 90.9 Å². The normalized spacial score (nSPS) is 23.1. The van der Waals surface area contributed by atoms with Crippen molar-refractivity contribution in [2.24, 2.45) is 5.92 Å². The van der Waals surface area contributed by atoms with Crippen molar-refractivity contribution >= 4 is 5.91 Å². The second-order valence-electron chi connectivity index (χ2n) is 8.10. The lowest BCUT2D eigenvalue weighted by molar-refractivity contribution is -0.133. The minimum absolute atomic E-state index is 0.453. The smallest absolute Gasteiger partial charge is 0.223 e. The molecule has 3 heteroatoms. The molecule has 3 nitrogen and oxygen atoms in total. The topological polar surface area (TPSA) is 23.6 Å². The quantitative estimate of drug-likeness (QED) is 0.504. The van der Waals surface area contributed by atoms with Crippen LogP contribution in [0.2, 0.25) is 0 Å². The number of hydrogen-bond acceptors (Lipinski definition) is 2. The van der Waals surface area contributed by atoms with Gasteiger partial charge in [0.25, 0.3) is 0 Å². The first kappa shape index (κ1) is 19.8. The molecule has 24 heavy (non-hydrogen) atoms. The summed E-state index contributed by atoms with van der Waals surface area (Å²) in [6, 6.07) is 0.498. The fraction of sp³-hybridized carbons (Fsp3) is 0.952. The Labute approximate surface area is 150 Å². The standard InChI is InChI=1S/C21H40N2O/c1-3-5-7-12-19(11-6-4-2)17-21(24)23-16-10-13-20(23)18-22-14-8-9-15-22/h19-20H,3-18H2,1-2H3/t19?,20-/m0/s1. The Bertz CT molecular complexity index is 352. The molecule has 2 saturated heterocycles. The third kappa shape index (κ3) is 6.38. The fourth-order valence-electron chi connectivity index (χ4n) is 4.51. The van der Waals surface area contributed by atoms with Gasteiger partial charge in [0.1, 0.15) is 0 Å². The summed E-state index contributed by atoms with van der Waals surface area (Å²) < 4.78 is 0. The lowest BCUT2D eigenvalue weighted by Crippen LogP contribution is -2.43. The van der Waals surface area contributed by atoms with Crippen LogP contribution < -0.4 is 0 Å². The maximum atomic E-state index is 12.9. The largest absolute Gasteiger partial charge is 0.338 e. The SMILES string of the molecule is CCCCCC(CCCC)CC(=O)N1CCC[C@H]1CN1CCCC1. The van der Waals surface area contributed by atoms with Crippen LogP contribution in [-0.4, -0.2) is 47.9 Å². The van der Waals surface area contributed by atoms with E-state index in [9.17, 15) is 4.79 Å². The zero-order valence-corrected chi connectivity index (χ0v) is 16.3. The summed E-state index contributed by atoms with van der Waals surface area (Å²) in [5, 5.41) is 0. The highest BCUT2D eigenvalue weighted by molar-refractivity contribution is 5.77. The number of rotatable bonds is 11. The number of unbranched alkanes of at least 4 members (excludes halogenated alkanes) is 3. The first-order valence-electron chi connectivity index (χ1n) is 10.8. The van der Waals surface area contributed by atoms with Gasteiger partial charge in [-0.3, -0.25) is 4.79 Å². The molecule has 140 valence electrons. The van der Waals surface area contributed by atoms with Crippen LogP contribution in [0.5, 0.6) is 0 Å². The van der Waals surface area contributed by atoms with Crippen LogP contribution >= 0.6 is 0 Å². The van der Waals surface area contributed by atoms with E-state index < -0.39 is 0 Å². The molecule has 1 amide bonds. The van der Waals surface area contributed by atoms with Gasteiger partial charge in [0, 0.05) is 25.6 Å². The first-order chi connectivity index (χ1) is 11.7. The van der Waals surface area contributed by atoms with Crippen molar-refractivity contribution in [3.05, 3.63) is 0 Å². The fourth-order valence-corrected chi connectivity index (χ4v) is 4.51. The van der Waals surface area contributed by atoms with E-state index in [1.165, 1.54) is 83.7 Å². The summed E-state index contributed by atoms with van der Waals surface area (Å²) in [6.45, 7) is 9.15. The van der Waals surface area contributed by atoms with Crippen LogP contribution in [0.4, 0.5) is 0 Å². The zero-order valence-electron chi connectivity index (χ0n) is 16.3. The minimum atomic E-state index is 0.453. The summed E-state index contributed by atoms with van der Waals surface area (Å²) in [6.07, 6.45) is 14.8. The van der Waals surface area contributed by atoms with Gasteiger partial charge in [0.15, 0.2) is 0 Å². The van der Waals surface area contributed by atoms with E-state index in [0.717, 1.165) is 19.5 Å². The molecular formula is C21H40N2O. The summed E-state index contributed by atoms with van der Waals surface area (Å²) in [5.74, 6) is 1.08. The van der Waals surface area contributed by atoms with E-state index in [1.54, 1.807) is 0 Å². The van der Waals surface area contributed by atoms with Gasteiger partial charge in [0.2, 0.25) is 5.91 Å². The molecule has 2 rings (SSSR count). The van der Waals surface area contributed by atoms with Gasteiger partial charge in [-0.05, 0) is 57.5 Å². The number of amides is 1. The summed E-state index contributed by atoms with van der Waals surface area (Å²) in [7, 11) is 0. The van der Waals surface area contributed by atoms with Crippen molar-refractivity contribution in [3.63, 3.8) is 0 Å². The number of carbonyl (C=O) groups excluding carboxylic acids is 1. The summed E-state index contributed by atoms with van der Waals surface area (Å²) in [5.41, 5.74) is 0. The van der Waals surface area contributed by atoms with Crippen LogP contribution in [0, 0.1) is 5.92 Å². The highest BCUT2D eigenvalue weighted by Gasteiger charge is 2.31. The zero-order chi connectivity index (χ0) is 17.2. The molecule has 2 fully saturated rings. The van der Waals surface area contributed by atoms with Gasteiger partial charge in [-0.2, -0.15) is 0 Å². The van der Waals surface area contributed by atoms with E-state index in [-0.39, 0.29) is 0 Å². The van der Waals surface area contributed by atoms with Gasteiger partial charge >= 0.3 is 0 Å². The lowest BCUT2D eigenvalue weighted by Gasteiger charge is -2.30. The molecule has 0 N–H and O–H groups in total. The maximum absolute atomic E-state index is 12.9. The van der Waals surface area contributed by atoms with E-state index in [2.05, 4.69) is 23.6 Å². The van der Waals surface area contributed by atoms with Gasteiger partial charge in [-0.1, -0.05) is 46.0 Å². The monoisotopic (exact) mass is 336 g/mol. The van der Waals surface area contributed by atoms with E-state index in [0.29, 0.717) is 17.9 Å². The van der Waals surface area contributed by atoms with Crippen molar-refractivity contribution in [3.8, 4) is 0 Å². The molecule has 0 saturated carbocycles. The molecule has 2 atom stereocenters. The molecule has 0 aliphatic carbocycles. The molecule has 0 spiro atoms. The molecule has 0 aromatic rings. The molecule has 2 heterocycles. The molecule has 0 aromatic heterocycles. The third-order valence-corrected chi connectivity index (χ3v) is 6.01. The molecule has 0 radical (unpaired) electrons. The highest BCUT2D eigenvalue weighted by atomic mass is 16.2. The number of likely N-dealkylation sites (tertiary alicyclic amines) is 2. The number of nitrogens with zero attached hydrogens (tertiary/aromatic N) is 2. The van der Waals surface area contributed by atoms with Crippen molar-refractivity contribution in [1.82, 2.24) is 9.80 Å². The average molecular weight is 337 g/mol. The lowest BCUT2D eigenvalue weighted by atomic mass is 9.92. The second-order valence-corrected chi connectivity index (χ2v) is 8.10. The summed E-state index contributed by atoms with van der Waals surface area (Å²) in [4.78, 5) is 17.8. The van der Waals surface area contributed by atoms with Crippen LogP contribution in [0.15, 0.2) is 0 Å². The van der Waals surface area contributed by atoms with E-state index >= 15 is 0 Å². The van der Waals surface area contributed by atoms with Crippen molar-refractivity contribution in [2.45, 2.75) is 96.9 Å². The molecule has 2 aliphatic heterocycles. The molecular weight excluding hydrogens is 296 g/mol. The van der Waals surface area contributed by atoms with Crippen molar-refractivity contribution in [2.75, 3.05) is 26.2 Å². The average Bonchev–Trinajstić information content (AvgIpc) is 3.25. The van der Waals surface area contributed by atoms with Crippen LogP contribution in [0.25, 0.3) is 0 Å². The Balaban J connectivity index is 1.81. The Morgan fingerprint density at radius 1 is 0.958 bits per heavy atom.